The van der Waals surface area contributed by atoms with Crippen LogP contribution in [0.15, 0.2) is 0 Å². The van der Waals surface area contributed by atoms with Crippen LogP contribution in [-0.4, -0.2) is 19.2 Å². The molecule has 4 heteroatoms. The molecule has 0 N–H and O–H groups in total. The van der Waals surface area contributed by atoms with E-state index in [1.165, 1.54) is 0 Å². The maximum atomic E-state index is 10.0. The first kappa shape index (κ1) is 12.8. The molecule has 42 valence electrons. The van der Waals surface area contributed by atoms with Gasteiger partial charge in [0.05, 0.1) is 0 Å². The summed E-state index contributed by atoms with van der Waals surface area (Å²) in [5, 5.41) is 14.1. The van der Waals surface area contributed by atoms with Crippen molar-refractivity contribution in [1.82, 2.24) is 0 Å². The third-order valence-corrected chi connectivity index (χ3v) is 1.28. The predicted molar refractivity (Wildman–Crippen MR) is 26.1 cm³/mol. The first-order valence-corrected chi connectivity index (χ1v) is 2.68. The average molecular weight is 113 g/mol. The van der Waals surface area contributed by atoms with Crippen molar-refractivity contribution < 1.29 is 42.8 Å². The van der Waals surface area contributed by atoms with Crippen LogP contribution in [0.2, 0.25) is 0 Å². The summed E-state index contributed by atoms with van der Waals surface area (Å²) in [6.07, 6.45) is 2.16. The van der Waals surface area contributed by atoms with E-state index in [-0.39, 0.29) is 50.4 Å². The maximum Gasteiger partial charge on any atom is 1.00 e. The van der Waals surface area contributed by atoms with Crippen LogP contribution in [0.5, 0.6) is 0 Å². The monoisotopic (exact) mass is 113 g/mol. The van der Waals surface area contributed by atoms with E-state index in [1.54, 1.807) is 0 Å². The molecule has 1 saturated heterocycles. The zero-order valence-corrected chi connectivity index (χ0v) is 6.26. The molecule has 1 fully saturated rings. The summed E-state index contributed by atoms with van der Waals surface area (Å²) in [5.41, 5.74) is 0. The van der Waals surface area contributed by atoms with Crippen molar-refractivity contribution >= 4 is 0 Å². The summed E-state index contributed by atoms with van der Waals surface area (Å²) >= 11 is 0. The van der Waals surface area contributed by atoms with Gasteiger partial charge in [-0.05, 0) is 0 Å². The molecule has 9 heavy (non-hydrogen) atoms. The van der Waals surface area contributed by atoms with Gasteiger partial charge in [0.15, 0.2) is 0 Å². The van der Waals surface area contributed by atoms with Crippen LogP contribution in [0.4, 0.5) is 0 Å². The van der Waals surface area contributed by atoms with Crippen molar-refractivity contribution in [2.45, 2.75) is 18.9 Å². The second-order valence-corrected chi connectivity index (χ2v) is 1.87. The molecule has 1 atom stereocenters. The number of nitrogens with zero attached hydrogens (tertiary/aromatic N) is 1. The average Bonchev–Trinajstić information content (AvgIpc) is 2.14. The molecule has 1 aliphatic rings. The van der Waals surface area contributed by atoms with Crippen LogP contribution in [0.1, 0.15) is 12.8 Å². The minimum absolute atomic E-state index is 0. The van der Waals surface area contributed by atoms with E-state index >= 15 is 0 Å². The Morgan fingerprint density at radius 3 is 2.33 bits per heavy atom. The van der Waals surface area contributed by atoms with Crippen LogP contribution in [-0.2, 0) is 0 Å². The predicted octanol–water partition coefficient (Wildman–Crippen LogP) is -6.11. The van der Waals surface area contributed by atoms with Gasteiger partial charge in [-0.3, -0.25) is 0 Å². The van der Waals surface area contributed by atoms with Gasteiger partial charge in [-0.2, -0.15) is 12.6 Å². The van der Waals surface area contributed by atoms with E-state index in [2.05, 4.69) is 5.32 Å². The summed E-state index contributed by atoms with van der Waals surface area (Å²) < 4.78 is 0. The minimum atomic E-state index is 0. The fourth-order valence-electron chi connectivity index (χ4n) is 0.828. The van der Waals surface area contributed by atoms with Gasteiger partial charge < -0.3 is 10.4 Å². The Hall–Kier alpha value is 1.11. The molecule has 1 rings (SSSR count). The normalized spacial score (nSPS) is 24.3. The number of rotatable bonds is 1. The van der Waals surface area contributed by atoms with Crippen molar-refractivity contribution in [2.75, 3.05) is 13.2 Å². The molecule has 0 amide bonds. The smallest absolute Gasteiger partial charge is 0.855 e. The summed E-state index contributed by atoms with van der Waals surface area (Å²) in [7, 11) is 0. The van der Waals surface area contributed by atoms with Gasteiger partial charge in [0.1, 0.15) is 0 Å². The van der Waals surface area contributed by atoms with Crippen molar-refractivity contribution in [3.05, 3.63) is 5.32 Å². The van der Waals surface area contributed by atoms with Crippen LogP contribution >= 0.6 is 0 Å². The standard InChI is InChI=1S/C5H9NO.2Li/c7-4-5-2-1-3-6-5;;/h5H,1-4H2;;/q-2;2*+1/t5-;;/m0../s1. The van der Waals surface area contributed by atoms with Gasteiger partial charge in [0.2, 0.25) is 0 Å². The summed E-state index contributed by atoms with van der Waals surface area (Å²) in [6, 6.07) is 0.167. The van der Waals surface area contributed by atoms with Gasteiger partial charge in [0.25, 0.3) is 0 Å². The molecular formula is C5H9Li2NO. The van der Waals surface area contributed by atoms with Crippen LogP contribution in [0.3, 0.4) is 0 Å². The quantitative estimate of drug-likeness (QED) is 0.312. The van der Waals surface area contributed by atoms with E-state index in [0.717, 1.165) is 19.4 Å². The number of hydrogen-bond acceptors (Lipinski definition) is 1. The molecular weight excluding hydrogens is 104 g/mol. The van der Waals surface area contributed by atoms with Gasteiger partial charge in [-0.25, -0.2) is 0 Å². The van der Waals surface area contributed by atoms with E-state index in [0.29, 0.717) is 0 Å². The van der Waals surface area contributed by atoms with Gasteiger partial charge in [-0.1, -0.05) is 12.8 Å². The van der Waals surface area contributed by atoms with Gasteiger partial charge in [0, 0.05) is 0 Å². The Morgan fingerprint density at radius 1 is 1.44 bits per heavy atom. The Kier molecular flexibility index (Phi) is 10.2. The molecule has 0 aromatic rings. The molecule has 0 aliphatic carbocycles. The Morgan fingerprint density at radius 2 is 2.11 bits per heavy atom. The first-order valence-electron chi connectivity index (χ1n) is 2.68. The van der Waals surface area contributed by atoms with Gasteiger partial charge in [-0.15, -0.1) is 6.54 Å². The second kappa shape index (κ2) is 7.22. The van der Waals surface area contributed by atoms with Crippen molar-refractivity contribution in [1.29, 1.82) is 0 Å². The molecule has 0 radical (unpaired) electrons. The molecule has 0 spiro atoms. The zero-order chi connectivity index (χ0) is 5.11. The Balaban J connectivity index is 0. The molecule has 1 aliphatic heterocycles. The van der Waals surface area contributed by atoms with Crippen molar-refractivity contribution in [3.63, 3.8) is 0 Å². The molecule has 0 unspecified atom stereocenters. The van der Waals surface area contributed by atoms with E-state index in [9.17, 15) is 5.11 Å². The maximum absolute atomic E-state index is 10.0. The topological polar surface area (TPSA) is 37.2 Å². The van der Waals surface area contributed by atoms with Crippen LogP contribution in [0, 0.1) is 0 Å². The molecule has 0 aromatic carbocycles. The minimum Gasteiger partial charge on any atom is -0.855 e. The van der Waals surface area contributed by atoms with Gasteiger partial charge >= 0.3 is 37.7 Å². The fraction of sp³-hybridized carbons (Fsp3) is 1.00. The van der Waals surface area contributed by atoms with Crippen LogP contribution in [0.25, 0.3) is 5.32 Å². The number of hydrogen-bond donors (Lipinski definition) is 0. The van der Waals surface area contributed by atoms with E-state index in [4.69, 9.17) is 0 Å². The third-order valence-electron chi connectivity index (χ3n) is 1.28. The molecule has 1 heterocycles. The van der Waals surface area contributed by atoms with Crippen molar-refractivity contribution in [2.24, 2.45) is 0 Å². The first-order chi connectivity index (χ1) is 3.43. The second-order valence-electron chi connectivity index (χ2n) is 1.87. The third kappa shape index (κ3) is 4.51. The fourth-order valence-corrected chi connectivity index (χ4v) is 0.828. The zero-order valence-electron chi connectivity index (χ0n) is 6.26. The summed E-state index contributed by atoms with van der Waals surface area (Å²) in [6.45, 7) is 0.924. The molecule has 0 aromatic heterocycles. The largest absolute Gasteiger partial charge is 1.00 e. The Bertz CT molecular complexity index is 56.9. The molecule has 0 bridgehead atoms. The van der Waals surface area contributed by atoms with Crippen molar-refractivity contribution in [3.8, 4) is 0 Å². The SMILES string of the molecule is [Li+].[Li+].[O-]C[C@@H]1CCC[N-]1. The summed E-state index contributed by atoms with van der Waals surface area (Å²) in [5.74, 6) is 0. The Labute approximate surface area is 80.1 Å². The molecule has 2 nitrogen and oxygen atoms in total. The van der Waals surface area contributed by atoms with E-state index in [1.807, 2.05) is 0 Å². The van der Waals surface area contributed by atoms with E-state index < -0.39 is 0 Å². The van der Waals surface area contributed by atoms with Crippen LogP contribution < -0.4 is 42.8 Å². The molecule has 0 saturated carbocycles. The summed E-state index contributed by atoms with van der Waals surface area (Å²) in [4.78, 5) is 0.